The molecule has 5 aromatic rings. The number of hydrogen-bond donors (Lipinski definition) is 0. The molecule has 0 saturated carbocycles. The Balaban J connectivity index is 1.04. The van der Waals surface area contributed by atoms with Crippen LogP contribution in [0.3, 0.4) is 0 Å². The van der Waals surface area contributed by atoms with Crippen molar-refractivity contribution in [1.29, 1.82) is 0 Å². The van der Waals surface area contributed by atoms with Crippen LogP contribution in [0.1, 0.15) is 38.8 Å². The quantitative estimate of drug-likeness (QED) is 0.203. The van der Waals surface area contributed by atoms with Crippen molar-refractivity contribution < 1.29 is 18.9 Å². The number of nitrogens with zero attached hydrogens (tertiary/aromatic N) is 2. The first-order valence-electron chi connectivity index (χ1n) is 16.1. The Labute approximate surface area is 274 Å². The molecule has 0 bridgehead atoms. The van der Waals surface area contributed by atoms with Crippen LogP contribution in [-0.2, 0) is 9.47 Å². The van der Waals surface area contributed by atoms with E-state index in [0.29, 0.717) is 25.0 Å². The smallest absolute Gasteiger partial charge is 0.260 e. The first-order chi connectivity index (χ1) is 22.7. The van der Waals surface area contributed by atoms with Crippen LogP contribution in [0.5, 0.6) is 23.0 Å². The van der Waals surface area contributed by atoms with Gasteiger partial charge >= 0.3 is 0 Å². The average molecular weight is 617 g/mol. The van der Waals surface area contributed by atoms with Gasteiger partial charge in [0.2, 0.25) is 11.8 Å². The van der Waals surface area contributed by atoms with E-state index in [0.717, 1.165) is 72.8 Å². The van der Waals surface area contributed by atoms with E-state index in [4.69, 9.17) is 28.9 Å². The first-order valence-corrected chi connectivity index (χ1v) is 16.1. The molecule has 0 aromatic heterocycles. The highest BCUT2D eigenvalue weighted by atomic mass is 16.5. The van der Waals surface area contributed by atoms with Crippen molar-refractivity contribution in [2.75, 3.05) is 13.2 Å². The highest BCUT2D eigenvalue weighted by Gasteiger charge is 2.40. The van der Waals surface area contributed by atoms with Crippen LogP contribution >= 0.6 is 0 Å². The summed E-state index contributed by atoms with van der Waals surface area (Å²) >= 11 is 0. The van der Waals surface area contributed by atoms with Crippen molar-refractivity contribution in [3.63, 3.8) is 0 Å². The Morgan fingerprint density at radius 1 is 0.489 bits per heavy atom. The Kier molecular flexibility index (Phi) is 6.01. The maximum absolute atomic E-state index is 6.55. The molecule has 0 amide bonds. The molecule has 4 aliphatic rings. The maximum Gasteiger partial charge on any atom is 0.260 e. The summed E-state index contributed by atoms with van der Waals surface area (Å²) in [4.78, 5) is 9.44. The van der Waals surface area contributed by atoms with Crippen LogP contribution in [0.2, 0.25) is 0 Å². The fourth-order valence-electron chi connectivity index (χ4n) is 6.86. The van der Waals surface area contributed by atoms with E-state index in [1.54, 1.807) is 0 Å². The van der Waals surface area contributed by atoms with Gasteiger partial charge in [-0.15, -0.1) is 0 Å². The third-order valence-corrected chi connectivity index (χ3v) is 9.27. The average Bonchev–Trinajstić information content (AvgIpc) is 3.64. The largest absolute Gasteiger partial charge is 0.475 e. The minimum absolute atomic E-state index is 0.00307. The number of ether oxygens (including phenoxy) is 4. The maximum atomic E-state index is 6.55. The van der Waals surface area contributed by atoms with Gasteiger partial charge < -0.3 is 18.9 Å². The van der Waals surface area contributed by atoms with Gasteiger partial charge in [0.1, 0.15) is 36.2 Å². The summed E-state index contributed by atoms with van der Waals surface area (Å²) in [6.45, 7) is 9.54. The van der Waals surface area contributed by atoms with E-state index in [-0.39, 0.29) is 17.8 Å². The molecule has 0 unspecified atom stereocenters. The number of aliphatic imine (C=N–C) groups is 2. The monoisotopic (exact) mass is 616 g/mol. The second kappa shape index (κ2) is 10.1. The zero-order valence-corrected chi connectivity index (χ0v) is 26.8. The van der Waals surface area contributed by atoms with Gasteiger partial charge in [-0.1, -0.05) is 54.6 Å². The second-order valence-corrected chi connectivity index (χ2v) is 14.0. The molecule has 0 spiro atoms. The summed E-state index contributed by atoms with van der Waals surface area (Å²) in [5.74, 6) is 4.80. The summed E-state index contributed by atoms with van der Waals surface area (Å²) < 4.78 is 24.8. The van der Waals surface area contributed by atoms with Crippen LogP contribution in [0.4, 0.5) is 0 Å². The molecule has 7 heteroatoms. The molecule has 9 rings (SSSR count). The molecule has 4 aliphatic heterocycles. The van der Waals surface area contributed by atoms with Crippen LogP contribution in [0.25, 0.3) is 22.3 Å². The predicted octanol–water partition coefficient (Wildman–Crippen LogP) is 6.86. The zero-order valence-electron chi connectivity index (χ0n) is 26.8. The topological polar surface area (TPSA) is 61.6 Å². The molecule has 6 nitrogen and oxygen atoms in total. The summed E-state index contributed by atoms with van der Waals surface area (Å²) in [7, 11) is 0. The summed E-state index contributed by atoms with van der Waals surface area (Å²) in [6.07, 6.45) is 0. The number of fused-ring (bicyclic) bond motifs is 4. The fraction of sp³-hybridized carbons (Fsp3) is 0.200. The Bertz CT molecular complexity index is 2000. The minimum Gasteiger partial charge on any atom is -0.475 e. The highest BCUT2D eigenvalue weighted by molar-refractivity contribution is 6.98. The summed E-state index contributed by atoms with van der Waals surface area (Å²) in [5.41, 5.74) is 9.33. The lowest BCUT2D eigenvalue weighted by Gasteiger charge is -2.33. The fourth-order valence-corrected chi connectivity index (χ4v) is 6.86. The van der Waals surface area contributed by atoms with Crippen molar-refractivity contribution >= 4 is 34.9 Å². The Morgan fingerprint density at radius 2 is 0.894 bits per heavy atom. The van der Waals surface area contributed by atoms with Gasteiger partial charge in [-0.05, 0) is 109 Å². The predicted molar refractivity (Wildman–Crippen MR) is 188 cm³/mol. The second-order valence-electron chi connectivity index (χ2n) is 14.0. The Hall–Kier alpha value is -5.30. The lowest BCUT2D eigenvalue weighted by atomic mass is 9.35. The van der Waals surface area contributed by atoms with Crippen LogP contribution in [0, 0.1) is 0 Å². The lowest BCUT2D eigenvalue weighted by molar-refractivity contribution is 0.279. The third-order valence-electron chi connectivity index (χ3n) is 9.27. The SMILES string of the molecule is CC1(C)COC(c2ccc(-c3ccc4c(c3)Oc3cccc5c3B4c3ccc(-c4ccc(C6=NC(C)(C)CO6)cc4)cc3O5)cc2)=N1. The molecule has 230 valence electrons. The van der Waals surface area contributed by atoms with Gasteiger partial charge in [0.25, 0.3) is 6.71 Å². The molecule has 0 saturated heterocycles. The van der Waals surface area contributed by atoms with E-state index < -0.39 is 0 Å². The zero-order chi connectivity index (χ0) is 31.9. The molecule has 0 radical (unpaired) electrons. The molecule has 4 heterocycles. The van der Waals surface area contributed by atoms with Gasteiger partial charge in [0, 0.05) is 16.6 Å². The van der Waals surface area contributed by atoms with E-state index in [1.165, 1.54) is 0 Å². The normalized spacial score (nSPS) is 17.6. The summed E-state index contributed by atoms with van der Waals surface area (Å²) in [5, 5.41) is 0. The van der Waals surface area contributed by atoms with E-state index >= 15 is 0 Å². The van der Waals surface area contributed by atoms with Crippen LogP contribution in [0.15, 0.2) is 113 Å². The Morgan fingerprint density at radius 3 is 1.30 bits per heavy atom. The number of benzene rings is 5. The molecule has 5 aromatic carbocycles. The highest BCUT2D eigenvalue weighted by Crippen LogP contribution is 2.37. The van der Waals surface area contributed by atoms with Crippen molar-refractivity contribution in [2.24, 2.45) is 9.98 Å². The minimum atomic E-state index is -0.186. The molecular formula is C40H33BN2O4. The van der Waals surface area contributed by atoms with Gasteiger partial charge in [0.15, 0.2) is 0 Å². The first kappa shape index (κ1) is 28.0. The van der Waals surface area contributed by atoms with Crippen LogP contribution in [-0.4, -0.2) is 42.8 Å². The molecule has 47 heavy (non-hydrogen) atoms. The van der Waals surface area contributed by atoms with Gasteiger partial charge in [-0.2, -0.15) is 0 Å². The number of rotatable bonds is 4. The molecule has 0 N–H and O–H groups in total. The van der Waals surface area contributed by atoms with Gasteiger partial charge in [-0.3, -0.25) is 0 Å². The van der Waals surface area contributed by atoms with Gasteiger partial charge in [0.05, 0.1) is 11.1 Å². The summed E-state index contributed by atoms with van der Waals surface area (Å²) in [6, 6.07) is 35.9. The van der Waals surface area contributed by atoms with E-state index in [1.807, 2.05) is 18.2 Å². The van der Waals surface area contributed by atoms with E-state index in [2.05, 4.69) is 113 Å². The lowest BCUT2D eigenvalue weighted by Crippen LogP contribution is -2.57. The molecule has 0 atom stereocenters. The van der Waals surface area contributed by atoms with Gasteiger partial charge in [-0.25, -0.2) is 9.98 Å². The van der Waals surface area contributed by atoms with Crippen molar-refractivity contribution in [3.05, 3.63) is 114 Å². The molecular weight excluding hydrogens is 583 g/mol. The molecule has 0 fully saturated rings. The standard InChI is InChI=1S/C40H33BN2O4/c1-39(2)22-44-37(42-39)26-12-8-24(9-13-26)28-16-18-30-34(20-28)46-32-6-5-7-33-36(32)41(30)31-19-17-29(21-35(31)47-33)25-10-14-27(15-11-25)38-43-40(3,4)23-45-38/h5-21H,22-23H2,1-4H3. The van der Waals surface area contributed by atoms with Crippen molar-refractivity contribution in [1.82, 2.24) is 0 Å². The van der Waals surface area contributed by atoms with E-state index in [9.17, 15) is 0 Å². The van der Waals surface area contributed by atoms with Crippen molar-refractivity contribution in [2.45, 2.75) is 38.8 Å². The molecule has 0 aliphatic carbocycles. The van der Waals surface area contributed by atoms with Crippen LogP contribution < -0.4 is 25.9 Å². The number of hydrogen-bond acceptors (Lipinski definition) is 6. The van der Waals surface area contributed by atoms with Crippen molar-refractivity contribution in [3.8, 4) is 45.3 Å². The third kappa shape index (κ3) is 4.80.